The number of carbonyl (C=O) groups is 2. The van der Waals surface area contributed by atoms with Gasteiger partial charge in [-0.2, -0.15) is 0 Å². The SMILES string of the molecule is Cc1nc(C2CCN(C(=O)CCC3CCCC3)C2)ncc1C(=O)Nc1ccc(Cl)cc1. The van der Waals surface area contributed by atoms with Gasteiger partial charge in [-0.05, 0) is 49.9 Å². The Bertz CT molecular complexity index is 941. The molecule has 2 aromatic rings. The van der Waals surface area contributed by atoms with Gasteiger partial charge in [0.2, 0.25) is 5.91 Å². The molecule has 1 atom stereocenters. The van der Waals surface area contributed by atoms with Crippen LogP contribution in [0.1, 0.15) is 72.7 Å². The highest BCUT2D eigenvalue weighted by atomic mass is 35.5. The molecule has 1 saturated carbocycles. The van der Waals surface area contributed by atoms with Crippen LogP contribution in [0.4, 0.5) is 5.69 Å². The lowest BCUT2D eigenvalue weighted by Crippen LogP contribution is -2.28. The maximum absolute atomic E-state index is 12.6. The number of aromatic nitrogens is 2. The summed E-state index contributed by atoms with van der Waals surface area (Å²) in [6, 6.07) is 6.96. The molecular weight excluding hydrogens is 412 g/mol. The summed E-state index contributed by atoms with van der Waals surface area (Å²) in [6.45, 7) is 3.25. The fourth-order valence-corrected chi connectivity index (χ4v) is 4.74. The molecule has 0 radical (unpaired) electrons. The fraction of sp³-hybridized carbons (Fsp3) is 0.500. The minimum Gasteiger partial charge on any atom is -0.342 e. The van der Waals surface area contributed by atoms with Crippen molar-refractivity contribution in [3.05, 3.63) is 52.6 Å². The maximum atomic E-state index is 12.6. The van der Waals surface area contributed by atoms with E-state index in [0.717, 1.165) is 25.3 Å². The number of likely N-dealkylation sites (tertiary alicyclic amines) is 1. The molecule has 1 unspecified atom stereocenters. The third kappa shape index (κ3) is 5.42. The van der Waals surface area contributed by atoms with Crippen molar-refractivity contribution in [1.29, 1.82) is 0 Å². The zero-order valence-corrected chi connectivity index (χ0v) is 18.7. The summed E-state index contributed by atoms with van der Waals surface area (Å²) in [6.07, 6.45) is 9.32. The lowest BCUT2D eigenvalue weighted by Gasteiger charge is -2.18. The molecule has 0 spiro atoms. The number of hydrogen-bond donors (Lipinski definition) is 1. The second kappa shape index (κ2) is 9.77. The summed E-state index contributed by atoms with van der Waals surface area (Å²) in [7, 11) is 0. The van der Waals surface area contributed by atoms with Gasteiger partial charge in [0.15, 0.2) is 0 Å². The number of carbonyl (C=O) groups excluding carboxylic acids is 2. The smallest absolute Gasteiger partial charge is 0.259 e. The van der Waals surface area contributed by atoms with E-state index in [4.69, 9.17) is 11.6 Å². The highest BCUT2D eigenvalue weighted by Gasteiger charge is 2.30. The van der Waals surface area contributed by atoms with E-state index in [-0.39, 0.29) is 17.7 Å². The van der Waals surface area contributed by atoms with Gasteiger partial charge in [0, 0.05) is 42.3 Å². The van der Waals surface area contributed by atoms with E-state index in [0.29, 0.717) is 40.8 Å². The quantitative estimate of drug-likeness (QED) is 0.687. The van der Waals surface area contributed by atoms with Crippen molar-refractivity contribution >= 4 is 29.1 Å². The summed E-state index contributed by atoms with van der Waals surface area (Å²) < 4.78 is 0. The standard InChI is InChI=1S/C24H29ClN4O2/c1-16-21(24(31)28-20-9-7-19(25)8-10-20)14-26-23(27-16)18-12-13-29(15-18)22(30)11-6-17-4-2-3-5-17/h7-10,14,17-18H,2-6,11-13,15H2,1H3,(H,28,31). The number of nitrogens with one attached hydrogen (secondary N) is 1. The first-order valence-electron chi connectivity index (χ1n) is 11.2. The van der Waals surface area contributed by atoms with Crippen LogP contribution in [0.25, 0.3) is 0 Å². The van der Waals surface area contributed by atoms with E-state index in [2.05, 4.69) is 15.3 Å². The number of amides is 2. The van der Waals surface area contributed by atoms with Crippen LogP contribution in [-0.4, -0.2) is 39.8 Å². The van der Waals surface area contributed by atoms with Gasteiger partial charge < -0.3 is 10.2 Å². The van der Waals surface area contributed by atoms with Crippen molar-refractivity contribution in [2.45, 2.75) is 57.8 Å². The van der Waals surface area contributed by atoms with Crippen LogP contribution in [0.3, 0.4) is 0 Å². The van der Waals surface area contributed by atoms with Gasteiger partial charge in [-0.15, -0.1) is 0 Å². The second-order valence-corrected chi connectivity index (χ2v) is 9.14. The van der Waals surface area contributed by atoms with Crippen molar-refractivity contribution < 1.29 is 9.59 Å². The molecule has 1 aromatic carbocycles. The van der Waals surface area contributed by atoms with Gasteiger partial charge >= 0.3 is 0 Å². The largest absolute Gasteiger partial charge is 0.342 e. The van der Waals surface area contributed by atoms with Crippen molar-refractivity contribution in [1.82, 2.24) is 14.9 Å². The summed E-state index contributed by atoms with van der Waals surface area (Å²) in [5, 5.41) is 3.46. The molecule has 2 heterocycles. The summed E-state index contributed by atoms with van der Waals surface area (Å²) in [4.78, 5) is 36.2. The molecule has 4 rings (SSSR count). The molecule has 7 heteroatoms. The highest BCUT2D eigenvalue weighted by molar-refractivity contribution is 6.30. The van der Waals surface area contributed by atoms with Crippen molar-refractivity contribution in [3.63, 3.8) is 0 Å². The van der Waals surface area contributed by atoms with Gasteiger partial charge in [-0.3, -0.25) is 9.59 Å². The average molecular weight is 441 g/mol. The summed E-state index contributed by atoms with van der Waals surface area (Å²) >= 11 is 5.89. The Morgan fingerprint density at radius 2 is 1.90 bits per heavy atom. The molecule has 1 aliphatic heterocycles. The van der Waals surface area contributed by atoms with Gasteiger partial charge in [0.25, 0.3) is 5.91 Å². The van der Waals surface area contributed by atoms with E-state index >= 15 is 0 Å². The lowest BCUT2D eigenvalue weighted by atomic mass is 10.0. The molecule has 2 amide bonds. The molecule has 2 fully saturated rings. The minimum absolute atomic E-state index is 0.127. The monoisotopic (exact) mass is 440 g/mol. The first-order chi connectivity index (χ1) is 15.0. The molecule has 0 bridgehead atoms. The lowest BCUT2D eigenvalue weighted by molar-refractivity contribution is -0.130. The molecule has 2 aliphatic rings. The van der Waals surface area contributed by atoms with Crippen LogP contribution in [-0.2, 0) is 4.79 Å². The van der Waals surface area contributed by atoms with E-state index in [1.54, 1.807) is 30.5 Å². The van der Waals surface area contributed by atoms with E-state index in [1.807, 2.05) is 11.8 Å². The average Bonchev–Trinajstić information content (AvgIpc) is 3.46. The third-order valence-electron chi connectivity index (χ3n) is 6.49. The molecule has 1 aliphatic carbocycles. The van der Waals surface area contributed by atoms with Crippen LogP contribution in [0.15, 0.2) is 30.5 Å². The van der Waals surface area contributed by atoms with Crippen molar-refractivity contribution in [2.75, 3.05) is 18.4 Å². The van der Waals surface area contributed by atoms with E-state index in [9.17, 15) is 9.59 Å². The van der Waals surface area contributed by atoms with Crippen LogP contribution < -0.4 is 5.32 Å². The Hall–Kier alpha value is -2.47. The third-order valence-corrected chi connectivity index (χ3v) is 6.74. The topological polar surface area (TPSA) is 75.2 Å². The highest BCUT2D eigenvalue weighted by Crippen LogP contribution is 2.30. The van der Waals surface area contributed by atoms with Gasteiger partial charge in [-0.1, -0.05) is 37.3 Å². The Balaban J connectivity index is 1.33. The second-order valence-electron chi connectivity index (χ2n) is 8.70. The summed E-state index contributed by atoms with van der Waals surface area (Å²) in [5.41, 5.74) is 1.75. The van der Waals surface area contributed by atoms with Crippen molar-refractivity contribution in [2.24, 2.45) is 5.92 Å². The zero-order valence-electron chi connectivity index (χ0n) is 17.9. The molecule has 1 saturated heterocycles. The number of aryl methyl sites for hydroxylation is 1. The van der Waals surface area contributed by atoms with Crippen LogP contribution in [0, 0.1) is 12.8 Å². The number of benzene rings is 1. The molecule has 164 valence electrons. The molecule has 1 aromatic heterocycles. The Kier molecular flexibility index (Phi) is 6.86. The molecule has 31 heavy (non-hydrogen) atoms. The number of rotatable bonds is 6. The Morgan fingerprint density at radius 1 is 1.16 bits per heavy atom. The van der Waals surface area contributed by atoms with Crippen LogP contribution >= 0.6 is 11.6 Å². The van der Waals surface area contributed by atoms with Crippen molar-refractivity contribution in [3.8, 4) is 0 Å². The fourth-order valence-electron chi connectivity index (χ4n) is 4.62. The number of hydrogen-bond acceptors (Lipinski definition) is 4. The Morgan fingerprint density at radius 3 is 2.61 bits per heavy atom. The van der Waals surface area contributed by atoms with Gasteiger partial charge in [-0.25, -0.2) is 9.97 Å². The maximum Gasteiger partial charge on any atom is 0.259 e. The summed E-state index contributed by atoms with van der Waals surface area (Å²) in [5.74, 6) is 1.58. The normalized spacial score (nSPS) is 19.0. The first kappa shape index (κ1) is 21.8. The van der Waals surface area contributed by atoms with Gasteiger partial charge in [0.1, 0.15) is 5.82 Å². The zero-order chi connectivity index (χ0) is 21.8. The van der Waals surface area contributed by atoms with E-state index in [1.165, 1.54) is 25.7 Å². The first-order valence-corrected chi connectivity index (χ1v) is 11.6. The predicted molar refractivity (Wildman–Crippen MR) is 121 cm³/mol. The molecule has 1 N–H and O–H groups in total. The van der Waals surface area contributed by atoms with Crippen LogP contribution in [0.2, 0.25) is 5.02 Å². The minimum atomic E-state index is -0.249. The molecule has 6 nitrogen and oxygen atoms in total. The number of nitrogens with zero attached hydrogens (tertiary/aromatic N) is 3. The predicted octanol–water partition coefficient (Wildman–Crippen LogP) is 4.98. The number of anilines is 1. The number of halogens is 1. The van der Waals surface area contributed by atoms with Crippen LogP contribution in [0.5, 0.6) is 0 Å². The van der Waals surface area contributed by atoms with E-state index < -0.39 is 0 Å². The Labute approximate surface area is 188 Å². The van der Waals surface area contributed by atoms with Gasteiger partial charge in [0.05, 0.1) is 11.3 Å². The molecular formula is C24H29ClN4O2.